The van der Waals surface area contributed by atoms with Crippen molar-refractivity contribution in [3.05, 3.63) is 53.9 Å². The number of aryl methyl sites for hydroxylation is 1. The number of anilines is 1. The summed E-state index contributed by atoms with van der Waals surface area (Å²) in [5.41, 5.74) is 2.56. The van der Waals surface area contributed by atoms with Crippen molar-refractivity contribution in [1.82, 2.24) is 19.8 Å². The second-order valence-electron chi connectivity index (χ2n) is 8.72. The molecular formula is C24H35N5O. The van der Waals surface area contributed by atoms with E-state index in [1.807, 2.05) is 6.20 Å². The Balaban J connectivity index is 1.22. The number of ether oxygens (including phenoxy) is 1. The highest BCUT2D eigenvalue weighted by Gasteiger charge is 2.24. The second kappa shape index (κ2) is 10.3. The lowest BCUT2D eigenvalue weighted by atomic mass is 10.1. The van der Waals surface area contributed by atoms with Crippen molar-refractivity contribution in [2.24, 2.45) is 0 Å². The maximum atomic E-state index is 5.84. The van der Waals surface area contributed by atoms with E-state index in [0.29, 0.717) is 0 Å². The molecule has 2 aromatic rings. The van der Waals surface area contributed by atoms with E-state index in [-0.39, 0.29) is 12.2 Å². The summed E-state index contributed by atoms with van der Waals surface area (Å²) in [6.45, 7) is 12.5. The standard InChI is InChI=1S/C24H35N5O/c1-20-17-29(18-21(2)30-20)24-25-11-10-23(26-24)19-28-15-13-27(14-16-28)12-6-9-22-7-4-3-5-8-22/h3-5,7-8,10-11,20-21H,6,9,12-19H2,1-2H3/t20-,21-/m1/s1. The van der Waals surface area contributed by atoms with Gasteiger partial charge in [0.2, 0.25) is 5.95 Å². The van der Waals surface area contributed by atoms with Crippen molar-refractivity contribution >= 4 is 5.95 Å². The summed E-state index contributed by atoms with van der Waals surface area (Å²) in [6.07, 6.45) is 4.74. The molecule has 2 aliphatic heterocycles. The molecular weight excluding hydrogens is 374 g/mol. The van der Waals surface area contributed by atoms with Crippen molar-refractivity contribution in [3.8, 4) is 0 Å². The van der Waals surface area contributed by atoms with Gasteiger partial charge in [-0.3, -0.25) is 4.90 Å². The fourth-order valence-electron chi connectivity index (χ4n) is 4.52. The summed E-state index contributed by atoms with van der Waals surface area (Å²) in [7, 11) is 0. The predicted octanol–water partition coefficient (Wildman–Crippen LogP) is 2.84. The van der Waals surface area contributed by atoms with Gasteiger partial charge in [0.05, 0.1) is 17.9 Å². The van der Waals surface area contributed by atoms with E-state index in [1.54, 1.807) is 0 Å². The Morgan fingerprint density at radius 1 is 0.933 bits per heavy atom. The van der Waals surface area contributed by atoms with Gasteiger partial charge in [-0.25, -0.2) is 9.97 Å². The topological polar surface area (TPSA) is 44.7 Å². The Hall–Kier alpha value is -2.02. The lowest BCUT2D eigenvalue weighted by molar-refractivity contribution is -0.00574. The van der Waals surface area contributed by atoms with Crippen LogP contribution in [-0.4, -0.2) is 77.8 Å². The van der Waals surface area contributed by atoms with Gasteiger partial charge < -0.3 is 14.5 Å². The molecule has 30 heavy (non-hydrogen) atoms. The zero-order valence-corrected chi connectivity index (χ0v) is 18.4. The van der Waals surface area contributed by atoms with E-state index in [1.165, 1.54) is 24.9 Å². The van der Waals surface area contributed by atoms with E-state index >= 15 is 0 Å². The minimum absolute atomic E-state index is 0.218. The Bertz CT molecular complexity index is 768. The van der Waals surface area contributed by atoms with Crippen LogP contribution in [0.3, 0.4) is 0 Å². The molecule has 0 unspecified atom stereocenters. The van der Waals surface area contributed by atoms with Crippen LogP contribution in [0.15, 0.2) is 42.6 Å². The molecule has 4 rings (SSSR count). The molecule has 1 aromatic carbocycles. The zero-order valence-electron chi connectivity index (χ0n) is 18.4. The van der Waals surface area contributed by atoms with Crippen LogP contribution >= 0.6 is 0 Å². The van der Waals surface area contributed by atoms with E-state index in [9.17, 15) is 0 Å². The van der Waals surface area contributed by atoms with E-state index in [4.69, 9.17) is 9.72 Å². The lowest BCUT2D eigenvalue weighted by Crippen LogP contribution is -2.47. The minimum Gasteiger partial charge on any atom is -0.372 e. The SMILES string of the molecule is C[C@@H]1CN(c2nccc(CN3CCN(CCCc4ccccc4)CC3)n2)C[C@@H](C)O1. The molecule has 1 aromatic heterocycles. The average Bonchev–Trinajstić information content (AvgIpc) is 2.75. The highest BCUT2D eigenvalue weighted by molar-refractivity contribution is 5.31. The van der Waals surface area contributed by atoms with Crippen LogP contribution < -0.4 is 4.90 Å². The minimum atomic E-state index is 0.218. The molecule has 2 fully saturated rings. The fraction of sp³-hybridized carbons (Fsp3) is 0.583. The number of hydrogen-bond donors (Lipinski definition) is 0. The van der Waals surface area contributed by atoms with Gasteiger partial charge in [0, 0.05) is 52.0 Å². The van der Waals surface area contributed by atoms with Crippen molar-refractivity contribution in [3.63, 3.8) is 0 Å². The monoisotopic (exact) mass is 409 g/mol. The summed E-state index contributed by atoms with van der Waals surface area (Å²) in [6, 6.07) is 12.9. The third kappa shape index (κ3) is 6.00. The van der Waals surface area contributed by atoms with Gasteiger partial charge in [-0.2, -0.15) is 0 Å². The fourth-order valence-corrected chi connectivity index (χ4v) is 4.52. The van der Waals surface area contributed by atoms with Gasteiger partial charge in [-0.05, 0) is 44.9 Å². The molecule has 0 bridgehead atoms. The summed E-state index contributed by atoms with van der Waals surface area (Å²) < 4.78 is 5.84. The largest absolute Gasteiger partial charge is 0.372 e. The molecule has 3 heterocycles. The Morgan fingerprint density at radius 3 is 2.37 bits per heavy atom. The first-order valence-corrected chi connectivity index (χ1v) is 11.4. The third-order valence-corrected chi connectivity index (χ3v) is 6.04. The predicted molar refractivity (Wildman–Crippen MR) is 121 cm³/mol. The van der Waals surface area contributed by atoms with Gasteiger partial charge in [0.25, 0.3) is 0 Å². The van der Waals surface area contributed by atoms with E-state index in [0.717, 1.165) is 57.5 Å². The molecule has 0 amide bonds. The van der Waals surface area contributed by atoms with Gasteiger partial charge in [0.15, 0.2) is 0 Å². The lowest BCUT2D eigenvalue weighted by Gasteiger charge is -2.36. The van der Waals surface area contributed by atoms with E-state index < -0.39 is 0 Å². The molecule has 2 aliphatic rings. The van der Waals surface area contributed by atoms with Gasteiger partial charge >= 0.3 is 0 Å². The number of benzene rings is 1. The Kier molecular flexibility index (Phi) is 7.31. The highest BCUT2D eigenvalue weighted by atomic mass is 16.5. The first-order valence-electron chi connectivity index (χ1n) is 11.4. The Labute approximate surface area is 180 Å². The number of hydrogen-bond acceptors (Lipinski definition) is 6. The third-order valence-electron chi connectivity index (χ3n) is 6.04. The molecule has 2 saturated heterocycles. The molecule has 6 heteroatoms. The first kappa shape index (κ1) is 21.2. The molecule has 0 radical (unpaired) electrons. The van der Waals surface area contributed by atoms with Crippen molar-refractivity contribution in [1.29, 1.82) is 0 Å². The molecule has 6 nitrogen and oxygen atoms in total. The van der Waals surface area contributed by atoms with Gasteiger partial charge in [-0.1, -0.05) is 30.3 Å². The first-order chi connectivity index (χ1) is 14.7. The number of nitrogens with zero attached hydrogens (tertiary/aromatic N) is 5. The molecule has 0 saturated carbocycles. The van der Waals surface area contributed by atoms with Crippen molar-refractivity contribution in [2.45, 2.75) is 45.4 Å². The quantitative estimate of drug-likeness (QED) is 0.701. The zero-order chi connectivity index (χ0) is 20.8. The number of aromatic nitrogens is 2. The summed E-state index contributed by atoms with van der Waals surface area (Å²) in [5.74, 6) is 0.842. The van der Waals surface area contributed by atoms with Crippen LogP contribution in [0.25, 0.3) is 0 Å². The van der Waals surface area contributed by atoms with Crippen LogP contribution in [0, 0.1) is 0 Å². The number of piperazine rings is 1. The van der Waals surface area contributed by atoms with Crippen LogP contribution in [0.5, 0.6) is 0 Å². The molecule has 0 aliphatic carbocycles. The van der Waals surface area contributed by atoms with Crippen LogP contribution in [-0.2, 0) is 17.7 Å². The molecule has 0 N–H and O–H groups in total. The molecule has 162 valence electrons. The Morgan fingerprint density at radius 2 is 1.63 bits per heavy atom. The number of rotatable bonds is 7. The second-order valence-corrected chi connectivity index (χ2v) is 8.72. The van der Waals surface area contributed by atoms with Gasteiger partial charge in [0.1, 0.15) is 0 Å². The summed E-state index contributed by atoms with van der Waals surface area (Å²) in [4.78, 5) is 16.8. The van der Waals surface area contributed by atoms with Gasteiger partial charge in [-0.15, -0.1) is 0 Å². The maximum Gasteiger partial charge on any atom is 0.225 e. The number of morpholine rings is 1. The molecule has 2 atom stereocenters. The highest BCUT2D eigenvalue weighted by Crippen LogP contribution is 2.17. The van der Waals surface area contributed by atoms with Crippen molar-refractivity contribution in [2.75, 3.05) is 50.7 Å². The van der Waals surface area contributed by atoms with Crippen LogP contribution in [0.2, 0.25) is 0 Å². The van der Waals surface area contributed by atoms with E-state index in [2.05, 4.69) is 69.9 Å². The molecule has 0 spiro atoms. The normalized spacial score (nSPS) is 23.6. The smallest absolute Gasteiger partial charge is 0.225 e. The summed E-state index contributed by atoms with van der Waals surface area (Å²) in [5, 5.41) is 0. The average molecular weight is 410 g/mol. The summed E-state index contributed by atoms with van der Waals surface area (Å²) >= 11 is 0. The van der Waals surface area contributed by atoms with Crippen molar-refractivity contribution < 1.29 is 4.74 Å². The van der Waals surface area contributed by atoms with Crippen LogP contribution in [0.4, 0.5) is 5.95 Å². The van der Waals surface area contributed by atoms with Crippen LogP contribution in [0.1, 0.15) is 31.5 Å². The maximum absolute atomic E-state index is 5.84.